The summed E-state index contributed by atoms with van der Waals surface area (Å²) in [6.45, 7) is 4.51. The largest absolute Gasteiger partial charge is 0.286 e. The van der Waals surface area contributed by atoms with Crippen molar-refractivity contribution in [2.45, 2.75) is 52.4 Å². The van der Waals surface area contributed by atoms with E-state index >= 15 is 0 Å². The molecule has 4 heteroatoms. The summed E-state index contributed by atoms with van der Waals surface area (Å²) >= 11 is 0. The lowest BCUT2D eigenvalue weighted by atomic mass is 10.1. The van der Waals surface area contributed by atoms with Gasteiger partial charge in [0.15, 0.2) is 0 Å². The van der Waals surface area contributed by atoms with Crippen molar-refractivity contribution in [2.24, 2.45) is 0 Å². The molecule has 1 N–H and O–H groups in total. The van der Waals surface area contributed by atoms with Gasteiger partial charge in [-0.2, -0.15) is 8.42 Å². The van der Waals surface area contributed by atoms with Crippen LogP contribution >= 0.6 is 0 Å². The Morgan fingerprint density at radius 1 is 0.923 bits per heavy atom. The highest BCUT2D eigenvalue weighted by Gasteiger charge is 1.83. The van der Waals surface area contributed by atoms with Crippen LogP contribution in [0.3, 0.4) is 0 Å². The summed E-state index contributed by atoms with van der Waals surface area (Å²) in [4.78, 5) is 0. The maximum atomic E-state index is 9.19. The minimum atomic E-state index is -3.67. The summed E-state index contributed by atoms with van der Waals surface area (Å²) in [7, 11) is -3.67. The summed E-state index contributed by atoms with van der Waals surface area (Å²) in [6, 6.07) is 0. The average Bonchev–Trinajstić information content (AvgIpc) is 1.95. The van der Waals surface area contributed by atoms with Crippen molar-refractivity contribution in [2.75, 3.05) is 6.26 Å². The lowest BCUT2D eigenvalue weighted by Crippen LogP contribution is -1.88. The number of hydrogen-bond donors (Lipinski definition) is 1. The van der Waals surface area contributed by atoms with Crippen molar-refractivity contribution >= 4 is 10.1 Å². The molecular formula is C9H22O3S. The fourth-order valence-electron chi connectivity index (χ4n) is 0.854. The van der Waals surface area contributed by atoms with Crippen molar-refractivity contribution in [3.8, 4) is 0 Å². The van der Waals surface area contributed by atoms with Gasteiger partial charge in [0, 0.05) is 0 Å². The highest BCUT2D eigenvalue weighted by molar-refractivity contribution is 7.85. The average molecular weight is 210 g/mol. The van der Waals surface area contributed by atoms with Crippen LogP contribution in [0.4, 0.5) is 0 Å². The van der Waals surface area contributed by atoms with Gasteiger partial charge in [-0.1, -0.05) is 52.4 Å². The van der Waals surface area contributed by atoms with E-state index in [1.54, 1.807) is 0 Å². The van der Waals surface area contributed by atoms with E-state index < -0.39 is 10.1 Å². The van der Waals surface area contributed by atoms with E-state index in [4.69, 9.17) is 4.55 Å². The molecule has 0 atom stereocenters. The molecule has 3 nitrogen and oxygen atoms in total. The van der Waals surface area contributed by atoms with Crippen LogP contribution in [0.1, 0.15) is 52.4 Å². The molecule has 0 radical (unpaired) electrons. The zero-order valence-electron chi connectivity index (χ0n) is 8.91. The van der Waals surface area contributed by atoms with E-state index in [1.807, 2.05) is 0 Å². The number of hydrogen-bond acceptors (Lipinski definition) is 2. The summed E-state index contributed by atoms with van der Waals surface area (Å²) < 4.78 is 25.9. The van der Waals surface area contributed by atoms with Crippen molar-refractivity contribution in [1.29, 1.82) is 0 Å². The van der Waals surface area contributed by atoms with Gasteiger partial charge in [-0.15, -0.1) is 0 Å². The van der Waals surface area contributed by atoms with Gasteiger partial charge >= 0.3 is 0 Å². The molecule has 0 spiro atoms. The third-order valence-corrected chi connectivity index (χ3v) is 1.46. The van der Waals surface area contributed by atoms with Crippen molar-refractivity contribution < 1.29 is 13.0 Å². The molecule has 0 aromatic heterocycles. The molecule has 0 amide bonds. The van der Waals surface area contributed by atoms with Crippen LogP contribution in [0, 0.1) is 0 Å². The van der Waals surface area contributed by atoms with Gasteiger partial charge in [-0.25, -0.2) is 0 Å². The quantitative estimate of drug-likeness (QED) is 0.560. The highest BCUT2D eigenvalue weighted by atomic mass is 32.2. The van der Waals surface area contributed by atoms with Crippen molar-refractivity contribution in [3.63, 3.8) is 0 Å². The Bertz CT molecular complexity index is 159. The second kappa shape index (κ2) is 9.99. The van der Waals surface area contributed by atoms with Gasteiger partial charge in [0.1, 0.15) is 0 Å². The molecule has 0 heterocycles. The number of rotatable bonds is 5. The first-order valence-corrected chi connectivity index (χ1v) is 6.69. The van der Waals surface area contributed by atoms with Gasteiger partial charge < -0.3 is 0 Å². The van der Waals surface area contributed by atoms with E-state index in [-0.39, 0.29) is 0 Å². The standard InChI is InChI=1S/C8H18.CH4O3S/c1-3-5-7-8-6-4-2;1-5(2,3)4/h3-8H2,1-2H3;1H3,(H,2,3,4). The van der Waals surface area contributed by atoms with Crippen LogP contribution in [0.5, 0.6) is 0 Å². The molecule has 0 aliphatic rings. The molecule has 0 aromatic carbocycles. The maximum absolute atomic E-state index is 9.19. The Morgan fingerprint density at radius 2 is 1.15 bits per heavy atom. The van der Waals surface area contributed by atoms with E-state index in [0.29, 0.717) is 6.26 Å². The molecule has 0 rings (SSSR count). The second-order valence-corrected chi connectivity index (χ2v) is 4.61. The first-order valence-electron chi connectivity index (χ1n) is 4.84. The molecule has 0 fully saturated rings. The lowest BCUT2D eigenvalue weighted by molar-refractivity contribution is 0.490. The van der Waals surface area contributed by atoms with Crippen LogP contribution in [-0.2, 0) is 10.1 Å². The van der Waals surface area contributed by atoms with Crippen LogP contribution in [0.25, 0.3) is 0 Å². The molecule has 0 aliphatic carbocycles. The molecule has 0 bridgehead atoms. The molecule has 0 unspecified atom stereocenters. The van der Waals surface area contributed by atoms with E-state index in [2.05, 4.69) is 13.8 Å². The molecule has 0 saturated heterocycles. The number of unbranched alkanes of at least 4 members (excludes halogenated alkanes) is 5. The third-order valence-electron chi connectivity index (χ3n) is 1.46. The van der Waals surface area contributed by atoms with Gasteiger partial charge in [0.2, 0.25) is 0 Å². The highest BCUT2D eigenvalue weighted by Crippen LogP contribution is 2.03. The first-order chi connectivity index (χ1) is 5.91. The second-order valence-electron chi connectivity index (χ2n) is 3.15. The summed E-state index contributed by atoms with van der Waals surface area (Å²) in [6.07, 6.45) is 9.20. The van der Waals surface area contributed by atoms with Gasteiger partial charge in [0.05, 0.1) is 6.26 Å². The monoisotopic (exact) mass is 210 g/mol. The van der Waals surface area contributed by atoms with Crippen LogP contribution < -0.4 is 0 Å². The molecular weight excluding hydrogens is 188 g/mol. The Balaban J connectivity index is 0. The first kappa shape index (κ1) is 15.4. The lowest BCUT2D eigenvalue weighted by Gasteiger charge is -1.93. The Morgan fingerprint density at radius 3 is 1.31 bits per heavy atom. The fraction of sp³-hybridized carbons (Fsp3) is 1.00. The van der Waals surface area contributed by atoms with Gasteiger partial charge in [0.25, 0.3) is 10.1 Å². The third kappa shape index (κ3) is 48.5. The Kier molecular flexibility index (Phi) is 11.8. The summed E-state index contributed by atoms with van der Waals surface area (Å²) in [5, 5.41) is 0. The van der Waals surface area contributed by atoms with Gasteiger partial charge in [-0.3, -0.25) is 4.55 Å². The van der Waals surface area contributed by atoms with E-state index in [1.165, 1.54) is 38.5 Å². The normalized spacial score (nSPS) is 10.5. The molecule has 0 aliphatic heterocycles. The minimum absolute atomic E-state index is 0.715. The topological polar surface area (TPSA) is 54.4 Å². The molecule has 13 heavy (non-hydrogen) atoms. The van der Waals surface area contributed by atoms with Crippen LogP contribution in [-0.4, -0.2) is 19.2 Å². The zero-order chi connectivity index (χ0) is 10.7. The molecule has 82 valence electrons. The van der Waals surface area contributed by atoms with Crippen LogP contribution in [0.15, 0.2) is 0 Å². The predicted octanol–water partition coefficient (Wildman–Crippen LogP) is 2.87. The molecule has 0 aromatic rings. The summed E-state index contributed by atoms with van der Waals surface area (Å²) in [5.74, 6) is 0. The smallest absolute Gasteiger partial charge is 0.261 e. The Labute approximate surface area is 82.3 Å². The van der Waals surface area contributed by atoms with E-state index in [0.717, 1.165) is 0 Å². The van der Waals surface area contributed by atoms with E-state index in [9.17, 15) is 8.42 Å². The Hall–Kier alpha value is -0.0900. The van der Waals surface area contributed by atoms with Crippen LogP contribution in [0.2, 0.25) is 0 Å². The molecule has 0 saturated carbocycles. The predicted molar refractivity (Wildman–Crippen MR) is 56.5 cm³/mol. The fourth-order valence-corrected chi connectivity index (χ4v) is 0.854. The SMILES string of the molecule is CCCCCCCC.CS(=O)(=O)O. The minimum Gasteiger partial charge on any atom is -0.286 e. The van der Waals surface area contributed by atoms with Gasteiger partial charge in [-0.05, 0) is 0 Å². The van der Waals surface area contributed by atoms with Crippen molar-refractivity contribution in [3.05, 3.63) is 0 Å². The zero-order valence-corrected chi connectivity index (χ0v) is 9.73. The summed E-state index contributed by atoms with van der Waals surface area (Å²) in [5.41, 5.74) is 0. The van der Waals surface area contributed by atoms with Crippen molar-refractivity contribution in [1.82, 2.24) is 0 Å². The maximum Gasteiger partial charge on any atom is 0.261 e.